The number of carbonyl (C=O) groups is 1. The minimum Gasteiger partial charge on any atom is -0.444 e. The Hall–Kier alpha value is -2.84. The number of nitrogens with one attached hydrogen (secondary N) is 2. The Morgan fingerprint density at radius 2 is 2.00 bits per heavy atom. The highest BCUT2D eigenvalue weighted by molar-refractivity contribution is 5.83. The lowest BCUT2D eigenvalue weighted by molar-refractivity contribution is 0.0546. The molecular formula is C15H23N7O2. The van der Waals surface area contributed by atoms with Crippen LogP contribution in [0.2, 0.25) is 0 Å². The highest BCUT2D eigenvalue weighted by atomic mass is 16.6. The average molecular weight is 333 g/mol. The summed E-state index contributed by atoms with van der Waals surface area (Å²) in [5, 5.41) is 17.2. The number of aromatic nitrogens is 4. The SMILES string of the molecule is C/C(=C\Nc1c(C)c(C)n2nnnc2c1N)NC(=O)OC(C)(C)C. The minimum atomic E-state index is -0.554. The standard InChI is InChI=1S/C15H23N7O2/c1-8(18-14(23)24-15(4,5)6)7-17-12-9(2)10(3)22-13(11(12)16)19-20-21-22/h7,17H,16H2,1-6H3,(H,18,23)/b8-7+. The molecule has 2 heterocycles. The first-order valence-electron chi connectivity index (χ1n) is 7.50. The van der Waals surface area contributed by atoms with E-state index in [1.807, 2.05) is 13.8 Å². The normalized spacial score (nSPS) is 12.3. The van der Waals surface area contributed by atoms with Crippen molar-refractivity contribution in [2.75, 3.05) is 11.1 Å². The zero-order chi connectivity index (χ0) is 18.1. The van der Waals surface area contributed by atoms with E-state index in [0.717, 1.165) is 11.3 Å². The monoisotopic (exact) mass is 333 g/mol. The molecule has 0 unspecified atom stereocenters. The van der Waals surface area contributed by atoms with Gasteiger partial charge in [0, 0.05) is 17.6 Å². The van der Waals surface area contributed by atoms with E-state index in [4.69, 9.17) is 10.5 Å². The molecule has 2 aromatic heterocycles. The molecular weight excluding hydrogens is 310 g/mol. The van der Waals surface area contributed by atoms with Gasteiger partial charge in [-0.1, -0.05) is 0 Å². The molecule has 0 fully saturated rings. The Morgan fingerprint density at radius 3 is 2.62 bits per heavy atom. The van der Waals surface area contributed by atoms with Crippen molar-refractivity contribution in [2.24, 2.45) is 0 Å². The van der Waals surface area contributed by atoms with Crippen molar-refractivity contribution in [1.82, 2.24) is 25.4 Å². The lowest BCUT2D eigenvalue weighted by Gasteiger charge is -2.20. The first kappa shape index (κ1) is 17.5. The lowest BCUT2D eigenvalue weighted by atomic mass is 10.1. The Kier molecular flexibility index (Phi) is 4.63. The molecule has 0 aromatic carbocycles. The number of carbonyl (C=O) groups excluding carboxylic acids is 1. The summed E-state index contributed by atoms with van der Waals surface area (Å²) in [5.41, 5.74) is 9.56. The van der Waals surface area contributed by atoms with E-state index in [9.17, 15) is 4.79 Å². The third-order valence-electron chi connectivity index (χ3n) is 3.35. The van der Waals surface area contributed by atoms with Gasteiger partial charge >= 0.3 is 6.09 Å². The number of pyridine rings is 1. The van der Waals surface area contributed by atoms with Crippen molar-refractivity contribution in [2.45, 2.75) is 47.1 Å². The van der Waals surface area contributed by atoms with Gasteiger partial charge in [-0.25, -0.2) is 4.79 Å². The number of ether oxygens (including phenoxy) is 1. The third kappa shape index (κ3) is 3.73. The fourth-order valence-corrected chi connectivity index (χ4v) is 2.10. The van der Waals surface area contributed by atoms with Crippen LogP contribution in [0, 0.1) is 13.8 Å². The molecule has 9 nitrogen and oxygen atoms in total. The van der Waals surface area contributed by atoms with Gasteiger partial charge in [0.05, 0.1) is 5.69 Å². The van der Waals surface area contributed by atoms with E-state index in [1.165, 1.54) is 0 Å². The molecule has 0 saturated heterocycles. The lowest BCUT2D eigenvalue weighted by Crippen LogP contribution is -2.31. The molecule has 2 rings (SSSR count). The fraction of sp³-hybridized carbons (Fsp3) is 0.467. The predicted molar refractivity (Wildman–Crippen MR) is 91.4 cm³/mol. The Morgan fingerprint density at radius 1 is 1.33 bits per heavy atom. The van der Waals surface area contributed by atoms with E-state index in [2.05, 4.69) is 26.2 Å². The number of allylic oxidation sites excluding steroid dienone is 1. The Balaban J connectivity index is 2.19. The zero-order valence-corrected chi connectivity index (χ0v) is 14.8. The molecule has 0 bridgehead atoms. The van der Waals surface area contributed by atoms with Crippen molar-refractivity contribution < 1.29 is 9.53 Å². The van der Waals surface area contributed by atoms with Gasteiger partial charge in [0.15, 0.2) is 0 Å². The molecule has 130 valence electrons. The summed E-state index contributed by atoms with van der Waals surface area (Å²) in [6.07, 6.45) is 1.12. The number of nitrogen functional groups attached to an aromatic ring is 1. The van der Waals surface area contributed by atoms with Crippen LogP contribution in [0.4, 0.5) is 16.2 Å². The highest BCUT2D eigenvalue weighted by Crippen LogP contribution is 2.29. The first-order chi connectivity index (χ1) is 11.1. The largest absolute Gasteiger partial charge is 0.444 e. The summed E-state index contributed by atoms with van der Waals surface area (Å²) >= 11 is 0. The van der Waals surface area contributed by atoms with Crippen molar-refractivity contribution >= 4 is 23.1 Å². The van der Waals surface area contributed by atoms with Crippen LogP contribution in [0.1, 0.15) is 39.0 Å². The number of anilines is 2. The molecule has 0 aliphatic carbocycles. The van der Waals surface area contributed by atoms with Crippen molar-refractivity contribution in [3.05, 3.63) is 23.2 Å². The summed E-state index contributed by atoms with van der Waals surface area (Å²) in [6.45, 7) is 11.0. The number of tetrazole rings is 1. The quantitative estimate of drug-likeness (QED) is 0.787. The molecule has 0 spiro atoms. The van der Waals surface area contributed by atoms with Gasteiger partial charge in [0.2, 0.25) is 5.65 Å². The summed E-state index contributed by atoms with van der Waals surface area (Å²) in [7, 11) is 0. The van der Waals surface area contributed by atoms with Crippen molar-refractivity contribution in [3.8, 4) is 0 Å². The molecule has 0 atom stereocenters. The number of amides is 1. The number of rotatable bonds is 3. The smallest absolute Gasteiger partial charge is 0.411 e. The van der Waals surface area contributed by atoms with Gasteiger partial charge in [0.25, 0.3) is 0 Å². The number of nitrogens with zero attached hydrogens (tertiary/aromatic N) is 4. The number of hydrogen-bond donors (Lipinski definition) is 3. The van der Waals surface area contributed by atoms with Crippen LogP contribution in [0.15, 0.2) is 11.9 Å². The van der Waals surface area contributed by atoms with Crippen molar-refractivity contribution in [3.63, 3.8) is 0 Å². The van der Waals surface area contributed by atoms with Gasteiger partial charge in [-0.2, -0.15) is 4.52 Å². The molecule has 0 saturated carbocycles. The molecule has 2 aromatic rings. The van der Waals surface area contributed by atoms with Crippen LogP contribution in [0.25, 0.3) is 5.65 Å². The fourth-order valence-electron chi connectivity index (χ4n) is 2.10. The van der Waals surface area contributed by atoms with Crippen molar-refractivity contribution in [1.29, 1.82) is 0 Å². The molecule has 24 heavy (non-hydrogen) atoms. The Labute approximate surface area is 140 Å². The second kappa shape index (κ2) is 6.34. The second-order valence-electron chi connectivity index (χ2n) is 6.51. The number of fused-ring (bicyclic) bond motifs is 1. The van der Waals surface area contributed by atoms with Gasteiger partial charge in [0.1, 0.15) is 11.3 Å². The van der Waals surface area contributed by atoms with Crippen LogP contribution < -0.4 is 16.4 Å². The maximum atomic E-state index is 11.8. The predicted octanol–water partition coefficient (Wildman–Crippen LogP) is 2.12. The van der Waals surface area contributed by atoms with E-state index in [-0.39, 0.29) is 0 Å². The number of hydrogen-bond acceptors (Lipinski definition) is 7. The Bertz CT molecular complexity index is 802. The van der Waals surface area contributed by atoms with Gasteiger partial charge in [-0.3, -0.25) is 5.32 Å². The van der Waals surface area contributed by atoms with Crippen LogP contribution in [0.3, 0.4) is 0 Å². The maximum Gasteiger partial charge on any atom is 0.411 e. The maximum absolute atomic E-state index is 11.8. The summed E-state index contributed by atoms with van der Waals surface area (Å²) in [4.78, 5) is 11.8. The van der Waals surface area contributed by atoms with Crippen LogP contribution in [-0.4, -0.2) is 31.7 Å². The minimum absolute atomic E-state index is 0.435. The van der Waals surface area contributed by atoms with Gasteiger partial charge in [-0.15, -0.1) is 5.10 Å². The number of aryl methyl sites for hydroxylation is 1. The number of alkyl carbamates (subject to hydrolysis) is 1. The molecule has 9 heteroatoms. The summed E-state index contributed by atoms with van der Waals surface area (Å²) in [5.74, 6) is 0. The van der Waals surface area contributed by atoms with E-state index in [0.29, 0.717) is 22.7 Å². The summed E-state index contributed by atoms with van der Waals surface area (Å²) in [6, 6.07) is 0. The molecule has 1 amide bonds. The van der Waals surface area contributed by atoms with Gasteiger partial charge < -0.3 is 15.8 Å². The summed E-state index contributed by atoms with van der Waals surface area (Å²) < 4.78 is 6.79. The van der Waals surface area contributed by atoms with E-state index in [1.54, 1.807) is 38.4 Å². The van der Waals surface area contributed by atoms with Crippen LogP contribution in [-0.2, 0) is 4.74 Å². The highest BCUT2D eigenvalue weighted by Gasteiger charge is 2.17. The first-order valence-corrected chi connectivity index (χ1v) is 7.50. The molecule has 4 N–H and O–H groups in total. The van der Waals surface area contributed by atoms with Crippen LogP contribution in [0.5, 0.6) is 0 Å². The topological polar surface area (TPSA) is 119 Å². The number of nitrogens with two attached hydrogens (primary N) is 1. The van der Waals surface area contributed by atoms with E-state index >= 15 is 0 Å². The zero-order valence-electron chi connectivity index (χ0n) is 14.8. The molecule has 0 aliphatic heterocycles. The molecule has 0 radical (unpaired) electrons. The second-order valence-corrected chi connectivity index (χ2v) is 6.51. The average Bonchev–Trinajstić information content (AvgIpc) is 2.92. The van der Waals surface area contributed by atoms with Gasteiger partial charge in [-0.05, 0) is 57.5 Å². The van der Waals surface area contributed by atoms with Crippen LogP contribution >= 0.6 is 0 Å². The van der Waals surface area contributed by atoms with E-state index < -0.39 is 11.7 Å². The third-order valence-corrected chi connectivity index (χ3v) is 3.35. The molecule has 0 aliphatic rings.